The van der Waals surface area contributed by atoms with Crippen molar-refractivity contribution >= 4 is 23.1 Å². The molecule has 2 heterocycles. The summed E-state index contributed by atoms with van der Waals surface area (Å²) in [6.45, 7) is 0.0818. The highest BCUT2D eigenvalue weighted by atomic mass is 16.5. The molecule has 0 radical (unpaired) electrons. The summed E-state index contributed by atoms with van der Waals surface area (Å²) in [6.07, 6.45) is 0. The van der Waals surface area contributed by atoms with Crippen LogP contribution in [0.5, 0.6) is 23.0 Å². The summed E-state index contributed by atoms with van der Waals surface area (Å²) < 4.78 is 13.0. The second-order valence-electron chi connectivity index (χ2n) is 8.55. The molecule has 0 saturated carbocycles. The van der Waals surface area contributed by atoms with Gasteiger partial charge in [-0.05, 0) is 57.4 Å². The van der Waals surface area contributed by atoms with E-state index in [0.29, 0.717) is 0 Å². The Morgan fingerprint density at radius 3 is 1.67 bits per heavy atom. The van der Waals surface area contributed by atoms with E-state index >= 15 is 0 Å². The van der Waals surface area contributed by atoms with E-state index in [0.717, 1.165) is 45.2 Å². The Kier molecular flexibility index (Phi) is 3.97. The lowest BCUT2D eigenvalue weighted by atomic mass is 9.35. The Labute approximate surface area is 193 Å². The van der Waals surface area contributed by atoms with Crippen LogP contribution in [0.2, 0.25) is 0 Å². The number of hydrogen-bond donors (Lipinski definition) is 0. The highest BCUT2D eigenvalue weighted by molar-refractivity contribution is 6.98. The summed E-state index contributed by atoms with van der Waals surface area (Å²) in [4.78, 5) is 0. The van der Waals surface area contributed by atoms with E-state index in [2.05, 4.69) is 97.1 Å². The van der Waals surface area contributed by atoms with Crippen molar-refractivity contribution in [3.8, 4) is 45.3 Å². The van der Waals surface area contributed by atoms with E-state index in [-0.39, 0.29) is 6.71 Å². The molecule has 33 heavy (non-hydrogen) atoms. The van der Waals surface area contributed by atoms with Crippen molar-refractivity contribution in [3.63, 3.8) is 0 Å². The molecular weight excluding hydrogens is 403 g/mol. The van der Waals surface area contributed by atoms with Gasteiger partial charge in [0.15, 0.2) is 0 Å². The van der Waals surface area contributed by atoms with Crippen LogP contribution in [-0.4, -0.2) is 6.71 Å². The minimum absolute atomic E-state index is 0.0818. The molecule has 0 N–H and O–H groups in total. The van der Waals surface area contributed by atoms with Crippen molar-refractivity contribution in [2.45, 2.75) is 0 Å². The summed E-state index contributed by atoms with van der Waals surface area (Å²) in [5, 5.41) is 0. The molecule has 0 aromatic heterocycles. The lowest BCUT2D eigenvalue weighted by Crippen LogP contribution is -2.57. The van der Waals surface area contributed by atoms with Gasteiger partial charge in [0, 0.05) is 5.46 Å². The molecular formula is C30H19BO2. The van der Waals surface area contributed by atoms with Crippen molar-refractivity contribution in [3.05, 3.63) is 115 Å². The quantitative estimate of drug-likeness (QED) is 0.331. The fourth-order valence-electron chi connectivity index (χ4n) is 5.05. The third-order valence-corrected chi connectivity index (χ3v) is 6.60. The van der Waals surface area contributed by atoms with E-state index in [1.165, 1.54) is 16.5 Å². The molecule has 0 amide bonds. The van der Waals surface area contributed by atoms with E-state index in [1.807, 2.05) is 18.2 Å². The number of para-hydroxylation sites is 1. The minimum Gasteiger partial charge on any atom is -0.458 e. The molecule has 0 fully saturated rings. The van der Waals surface area contributed by atoms with Crippen LogP contribution in [0.1, 0.15) is 0 Å². The van der Waals surface area contributed by atoms with Crippen LogP contribution in [0.15, 0.2) is 115 Å². The first-order valence-electron chi connectivity index (χ1n) is 11.2. The molecule has 0 atom stereocenters. The third-order valence-electron chi connectivity index (χ3n) is 6.60. The molecule has 7 rings (SSSR count). The normalized spacial score (nSPS) is 12.7. The Morgan fingerprint density at radius 1 is 0.394 bits per heavy atom. The molecule has 2 aliphatic rings. The van der Waals surface area contributed by atoms with Gasteiger partial charge in [-0.2, -0.15) is 0 Å². The lowest BCUT2D eigenvalue weighted by molar-refractivity contribution is 0.465. The van der Waals surface area contributed by atoms with Gasteiger partial charge in [-0.25, -0.2) is 0 Å². The van der Waals surface area contributed by atoms with Gasteiger partial charge >= 0.3 is 0 Å². The highest BCUT2D eigenvalue weighted by Gasteiger charge is 2.40. The van der Waals surface area contributed by atoms with Crippen LogP contribution in [0.4, 0.5) is 0 Å². The zero-order chi connectivity index (χ0) is 21.8. The van der Waals surface area contributed by atoms with Gasteiger partial charge in [-0.15, -0.1) is 0 Å². The Hall–Kier alpha value is -4.24. The Bertz CT molecular complexity index is 1510. The summed E-state index contributed by atoms with van der Waals surface area (Å²) >= 11 is 0. The molecule has 3 heteroatoms. The van der Waals surface area contributed by atoms with Gasteiger partial charge in [-0.3, -0.25) is 0 Å². The average Bonchev–Trinajstić information content (AvgIpc) is 2.89. The first-order valence-corrected chi connectivity index (χ1v) is 11.2. The van der Waals surface area contributed by atoms with Crippen molar-refractivity contribution in [1.29, 1.82) is 0 Å². The number of hydrogen-bond acceptors (Lipinski definition) is 2. The van der Waals surface area contributed by atoms with Crippen LogP contribution in [-0.2, 0) is 0 Å². The van der Waals surface area contributed by atoms with Crippen LogP contribution in [0.3, 0.4) is 0 Å². The second-order valence-corrected chi connectivity index (χ2v) is 8.55. The number of ether oxygens (including phenoxy) is 2. The third kappa shape index (κ3) is 2.90. The van der Waals surface area contributed by atoms with Crippen LogP contribution >= 0.6 is 0 Å². The molecule has 0 unspecified atom stereocenters. The van der Waals surface area contributed by atoms with Crippen molar-refractivity contribution < 1.29 is 9.47 Å². The minimum atomic E-state index is 0.0818. The van der Waals surface area contributed by atoms with Crippen molar-refractivity contribution in [2.75, 3.05) is 0 Å². The van der Waals surface area contributed by atoms with Gasteiger partial charge in [0.25, 0.3) is 6.71 Å². The summed E-state index contributed by atoms with van der Waals surface area (Å²) in [6, 6.07) is 40.0. The lowest BCUT2D eigenvalue weighted by Gasteiger charge is -2.33. The van der Waals surface area contributed by atoms with Crippen molar-refractivity contribution in [2.24, 2.45) is 0 Å². The molecule has 2 nitrogen and oxygen atoms in total. The predicted molar refractivity (Wildman–Crippen MR) is 135 cm³/mol. The maximum absolute atomic E-state index is 6.58. The fraction of sp³-hybridized carbons (Fsp3) is 0. The zero-order valence-electron chi connectivity index (χ0n) is 17.9. The largest absolute Gasteiger partial charge is 0.458 e. The zero-order valence-corrected chi connectivity index (χ0v) is 17.9. The average molecular weight is 422 g/mol. The molecule has 2 aliphatic heterocycles. The fourth-order valence-corrected chi connectivity index (χ4v) is 5.05. The van der Waals surface area contributed by atoms with Gasteiger partial charge in [0.2, 0.25) is 0 Å². The topological polar surface area (TPSA) is 18.5 Å². The summed E-state index contributed by atoms with van der Waals surface area (Å²) in [5.41, 5.74) is 8.02. The Morgan fingerprint density at radius 2 is 0.939 bits per heavy atom. The number of fused-ring (bicyclic) bond motifs is 4. The predicted octanol–water partition coefficient (Wildman–Crippen LogP) is 5.75. The van der Waals surface area contributed by atoms with Gasteiger partial charge in [-0.1, -0.05) is 91.0 Å². The first-order chi connectivity index (χ1) is 16.3. The molecule has 0 saturated heterocycles. The second kappa shape index (κ2) is 7.14. The van der Waals surface area contributed by atoms with Gasteiger partial charge in [0.1, 0.15) is 23.0 Å². The smallest absolute Gasteiger partial charge is 0.260 e. The molecule has 0 spiro atoms. The standard InChI is InChI=1S/C30H19BO2/c1-3-9-20(10-4-1)22-15-16-25-27(17-22)33-29-19-23(21-11-5-2-6-12-21)18-28-30(29)31(25)24-13-7-8-14-26(24)32-28/h1-19H. The molecule has 0 aliphatic carbocycles. The first kappa shape index (κ1) is 18.3. The van der Waals surface area contributed by atoms with E-state index < -0.39 is 0 Å². The maximum Gasteiger partial charge on any atom is 0.260 e. The van der Waals surface area contributed by atoms with Crippen LogP contribution in [0, 0.1) is 0 Å². The van der Waals surface area contributed by atoms with Gasteiger partial charge < -0.3 is 9.47 Å². The summed E-state index contributed by atoms with van der Waals surface area (Å²) in [5.74, 6) is 3.55. The number of rotatable bonds is 2. The molecule has 154 valence electrons. The number of benzene rings is 5. The summed E-state index contributed by atoms with van der Waals surface area (Å²) in [7, 11) is 0. The molecule has 0 bridgehead atoms. The SMILES string of the molecule is c1ccc(-c2ccc3c(c2)Oc2cc(-c4ccccc4)cc4c2B3c2ccccc2O4)cc1. The molecule has 5 aromatic rings. The van der Waals surface area contributed by atoms with Gasteiger partial charge in [0.05, 0.1) is 0 Å². The molecule has 5 aromatic carbocycles. The van der Waals surface area contributed by atoms with Crippen molar-refractivity contribution in [1.82, 2.24) is 0 Å². The Balaban J connectivity index is 1.45. The highest BCUT2D eigenvalue weighted by Crippen LogP contribution is 2.38. The maximum atomic E-state index is 6.58. The van der Waals surface area contributed by atoms with E-state index in [9.17, 15) is 0 Å². The van der Waals surface area contributed by atoms with Crippen LogP contribution < -0.4 is 25.9 Å². The van der Waals surface area contributed by atoms with Crippen LogP contribution in [0.25, 0.3) is 22.3 Å². The van der Waals surface area contributed by atoms with E-state index in [1.54, 1.807) is 0 Å². The monoisotopic (exact) mass is 422 g/mol. The van der Waals surface area contributed by atoms with E-state index in [4.69, 9.17) is 9.47 Å².